The third-order valence-electron chi connectivity index (χ3n) is 7.22. The molecule has 33 heavy (non-hydrogen) atoms. The van der Waals surface area contributed by atoms with Crippen molar-refractivity contribution in [2.24, 2.45) is 0 Å². The zero-order valence-corrected chi connectivity index (χ0v) is 19.5. The van der Waals surface area contributed by atoms with E-state index in [-0.39, 0.29) is 24.1 Å². The molecule has 0 radical (unpaired) electrons. The van der Waals surface area contributed by atoms with Crippen molar-refractivity contribution in [2.75, 3.05) is 6.61 Å². The zero-order valence-electron chi connectivity index (χ0n) is 18.0. The van der Waals surface area contributed by atoms with Crippen molar-refractivity contribution < 1.29 is 9.53 Å². The third-order valence-corrected chi connectivity index (χ3v) is 7.78. The molecule has 1 amide bonds. The Morgan fingerprint density at radius 2 is 1.61 bits per heavy atom. The van der Waals surface area contributed by atoms with Crippen molar-refractivity contribution >= 4 is 34.9 Å². The highest BCUT2D eigenvalue weighted by atomic mass is 35.5. The Kier molecular flexibility index (Phi) is 5.20. The highest BCUT2D eigenvalue weighted by molar-refractivity contribution is 6.34. The standard InChI is InChI=1S/C28H23Cl2NO2/c29-18-9-12-27(30)25(15-18)17-13-19-10-11-20(14-17)31(19)28(32)33-16-26-23-7-3-1-5-21(23)22-6-2-4-8-24(22)26/h1-9,12-13,15,19-20,26H,10-11,14,16H2. The van der Waals surface area contributed by atoms with Crippen LogP contribution in [0.1, 0.15) is 41.9 Å². The second kappa shape index (κ2) is 8.23. The topological polar surface area (TPSA) is 29.5 Å². The van der Waals surface area contributed by atoms with Crippen LogP contribution in [0.25, 0.3) is 16.7 Å². The van der Waals surface area contributed by atoms with Crippen molar-refractivity contribution in [2.45, 2.75) is 37.3 Å². The van der Waals surface area contributed by atoms with Crippen molar-refractivity contribution in [1.82, 2.24) is 4.90 Å². The predicted octanol–water partition coefficient (Wildman–Crippen LogP) is 7.56. The SMILES string of the molecule is O=C(OCC1c2ccccc2-c2ccccc21)N1C2C=C(c3cc(Cl)ccc3Cl)CC1CC2. The first-order valence-electron chi connectivity index (χ1n) is 11.4. The van der Waals surface area contributed by atoms with E-state index in [1.54, 1.807) is 6.07 Å². The van der Waals surface area contributed by atoms with Crippen LogP contribution in [0.5, 0.6) is 0 Å². The minimum Gasteiger partial charge on any atom is -0.448 e. The predicted molar refractivity (Wildman–Crippen MR) is 133 cm³/mol. The van der Waals surface area contributed by atoms with Crippen LogP contribution in [0.4, 0.5) is 4.79 Å². The number of ether oxygens (including phenoxy) is 1. The Labute approximate surface area is 203 Å². The van der Waals surface area contributed by atoms with Crippen LogP contribution in [0.2, 0.25) is 10.0 Å². The first-order valence-corrected chi connectivity index (χ1v) is 12.1. The van der Waals surface area contributed by atoms with Gasteiger partial charge in [0.1, 0.15) is 6.61 Å². The molecule has 1 fully saturated rings. The average Bonchev–Trinajstić information content (AvgIpc) is 3.30. The molecule has 2 aliphatic heterocycles. The van der Waals surface area contributed by atoms with E-state index in [2.05, 4.69) is 54.6 Å². The van der Waals surface area contributed by atoms with Gasteiger partial charge in [-0.05, 0) is 70.9 Å². The van der Waals surface area contributed by atoms with Crippen LogP contribution in [-0.4, -0.2) is 29.7 Å². The number of nitrogens with zero attached hydrogens (tertiary/aromatic N) is 1. The van der Waals surface area contributed by atoms with Gasteiger partial charge in [-0.15, -0.1) is 0 Å². The quantitative estimate of drug-likeness (QED) is 0.390. The molecule has 0 aromatic heterocycles. The lowest BCUT2D eigenvalue weighted by atomic mass is 9.95. The van der Waals surface area contributed by atoms with Gasteiger partial charge in [0.25, 0.3) is 0 Å². The smallest absolute Gasteiger partial charge is 0.410 e. The number of amides is 1. The van der Waals surface area contributed by atoms with Gasteiger partial charge in [-0.25, -0.2) is 4.79 Å². The number of halogens is 2. The fourth-order valence-corrected chi connectivity index (χ4v) is 6.14. The third kappa shape index (κ3) is 3.55. The van der Waals surface area contributed by atoms with Crippen LogP contribution in [0.15, 0.2) is 72.8 Å². The number of benzene rings is 3. The van der Waals surface area contributed by atoms with Gasteiger partial charge in [0, 0.05) is 22.0 Å². The Morgan fingerprint density at radius 3 is 2.30 bits per heavy atom. The Balaban J connectivity index is 1.21. The molecule has 3 aliphatic rings. The summed E-state index contributed by atoms with van der Waals surface area (Å²) in [5.41, 5.74) is 7.05. The van der Waals surface area contributed by atoms with E-state index in [4.69, 9.17) is 27.9 Å². The lowest BCUT2D eigenvalue weighted by Gasteiger charge is -2.34. The lowest BCUT2D eigenvalue weighted by Crippen LogP contribution is -2.43. The molecule has 3 aromatic carbocycles. The molecule has 5 heteroatoms. The molecule has 6 rings (SSSR count). The second-order valence-electron chi connectivity index (χ2n) is 9.03. The fraction of sp³-hybridized carbons (Fsp3) is 0.250. The van der Waals surface area contributed by atoms with Crippen molar-refractivity contribution in [3.05, 3.63) is 99.5 Å². The molecule has 2 heterocycles. The van der Waals surface area contributed by atoms with Crippen molar-refractivity contribution in [1.29, 1.82) is 0 Å². The summed E-state index contributed by atoms with van der Waals surface area (Å²) >= 11 is 12.7. The minimum absolute atomic E-state index is 0.0319. The van der Waals surface area contributed by atoms with Gasteiger partial charge >= 0.3 is 6.09 Å². The summed E-state index contributed by atoms with van der Waals surface area (Å²) in [6, 6.07) is 22.5. The molecule has 2 bridgehead atoms. The van der Waals surface area contributed by atoms with Gasteiger partial charge in [0.15, 0.2) is 0 Å². The first-order chi connectivity index (χ1) is 16.1. The van der Waals surface area contributed by atoms with E-state index in [0.717, 1.165) is 30.4 Å². The second-order valence-corrected chi connectivity index (χ2v) is 9.87. The molecule has 0 N–H and O–H groups in total. The maximum atomic E-state index is 13.2. The maximum absolute atomic E-state index is 13.2. The van der Waals surface area contributed by atoms with Crippen LogP contribution >= 0.6 is 23.2 Å². The molecular weight excluding hydrogens is 453 g/mol. The number of hydrogen-bond acceptors (Lipinski definition) is 2. The van der Waals surface area contributed by atoms with Gasteiger partial charge in [-0.1, -0.05) is 77.8 Å². The summed E-state index contributed by atoms with van der Waals surface area (Å²) in [6.07, 6.45) is 4.61. The number of hydrogen-bond donors (Lipinski definition) is 0. The lowest BCUT2D eigenvalue weighted by molar-refractivity contribution is 0.0866. The van der Waals surface area contributed by atoms with Gasteiger partial charge in [-0.3, -0.25) is 4.90 Å². The maximum Gasteiger partial charge on any atom is 0.410 e. The van der Waals surface area contributed by atoms with Crippen LogP contribution in [0, 0.1) is 0 Å². The molecule has 0 saturated carbocycles. The molecule has 1 aliphatic carbocycles. The Bertz CT molecular complexity index is 1240. The molecule has 166 valence electrons. The van der Waals surface area contributed by atoms with E-state index >= 15 is 0 Å². The summed E-state index contributed by atoms with van der Waals surface area (Å²) in [4.78, 5) is 15.2. The minimum atomic E-state index is -0.225. The number of carbonyl (C=O) groups is 1. The summed E-state index contributed by atoms with van der Waals surface area (Å²) in [5, 5.41) is 1.36. The number of fused-ring (bicyclic) bond motifs is 5. The number of carbonyl (C=O) groups excluding carboxylic acids is 1. The van der Waals surface area contributed by atoms with E-state index in [1.807, 2.05) is 17.0 Å². The molecular formula is C28H23Cl2NO2. The first kappa shape index (κ1) is 20.8. The van der Waals surface area contributed by atoms with E-state index in [0.29, 0.717) is 16.7 Å². The average molecular weight is 476 g/mol. The van der Waals surface area contributed by atoms with Crippen LogP contribution in [-0.2, 0) is 4.74 Å². The van der Waals surface area contributed by atoms with Crippen molar-refractivity contribution in [3.8, 4) is 11.1 Å². The van der Waals surface area contributed by atoms with E-state index < -0.39 is 0 Å². The summed E-state index contributed by atoms with van der Waals surface area (Å²) in [5.74, 6) is 0.0696. The summed E-state index contributed by atoms with van der Waals surface area (Å²) in [6.45, 7) is 0.347. The van der Waals surface area contributed by atoms with Crippen LogP contribution in [0.3, 0.4) is 0 Å². The molecule has 3 nitrogen and oxygen atoms in total. The van der Waals surface area contributed by atoms with Gasteiger partial charge in [-0.2, -0.15) is 0 Å². The Hall–Kier alpha value is -2.75. The van der Waals surface area contributed by atoms with E-state index in [9.17, 15) is 4.79 Å². The fourth-order valence-electron chi connectivity index (χ4n) is 5.73. The molecule has 1 saturated heterocycles. The largest absolute Gasteiger partial charge is 0.448 e. The monoisotopic (exact) mass is 475 g/mol. The molecule has 2 atom stereocenters. The van der Waals surface area contributed by atoms with Gasteiger partial charge in [0.05, 0.1) is 6.04 Å². The zero-order chi connectivity index (χ0) is 22.5. The highest BCUT2D eigenvalue weighted by Gasteiger charge is 2.41. The van der Waals surface area contributed by atoms with E-state index in [1.165, 1.54) is 22.3 Å². The number of rotatable bonds is 3. The molecule has 2 unspecified atom stereocenters. The normalized spacial score (nSPS) is 20.9. The van der Waals surface area contributed by atoms with Crippen LogP contribution < -0.4 is 0 Å². The Morgan fingerprint density at radius 1 is 0.909 bits per heavy atom. The highest BCUT2D eigenvalue weighted by Crippen LogP contribution is 2.45. The van der Waals surface area contributed by atoms with Crippen molar-refractivity contribution in [3.63, 3.8) is 0 Å². The molecule has 0 spiro atoms. The molecule has 3 aromatic rings. The summed E-state index contributed by atoms with van der Waals surface area (Å²) in [7, 11) is 0. The van der Waals surface area contributed by atoms with Gasteiger partial charge < -0.3 is 4.74 Å². The summed E-state index contributed by atoms with van der Waals surface area (Å²) < 4.78 is 5.95. The van der Waals surface area contributed by atoms with Gasteiger partial charge in [0.2, 0.25) is 0 Å².